The molecule has 0 atom stereocenters. The Morgan fingerprint density at radius 2 is 1.66 bits per heavy atom. The fourth-order valence-corrected chi connectivity index (χ4v) is 3.87. The second-order valence-electron chi connectivity index (χ2n) is 6.20. The standard InChI is InChI=1S/C20H15FN4O3S/c21-16-5-1-2-6-17(16)25-29(27,28)15-10-8-13(9-11-15)20(26)23-18-7-3-4-14-12-22-24-19(14)18/h1-12,25H,(H,22,24)(H,23,26). The lowest BCUT2D eigenvalue weighted by molar-refractivity contribution is 0.102. The maximum atomic E-state index is 13.7. The minimum Gasteiger partial charge on any atom is -0.320 e. The van der Waals surface area contributed by atoms with Gasteiger partial charge in [-0.3, -0.25) is 14.6 Å². The predicted octanol–water partition coefficient (Wildman–Crippen LogP) is 3.76. The van der Waals surface area contributed by atoms with Crippen LogP contribution in [0.5, 0.6) is 0 Å². The number of nitrogens with one attached hydrogen (secondary N) is 3. The summed E-state index contributed by atoms with van der Waals surface area (Å²) in [5.41, 5.74) is 1.37. The topological polar surface area (TPSA) is 104 Å². The second kappa shape index (κ2) is 7.36. The highest BCUT2D eigenvalue weighted by molar-refractivity contribution is 7.92. The first-order valence-electron chi connectivity index (χ1n) is 8.55. The molecule has 7 nitrogen and oxygen atoms in total. The Morgan fingerprint density at radius 3 is 2.41 bits per heavy atom. The van der Waals surface area contributed by atoms with E-state index in [1.54, 1.807) is 18.3 Å². The molecule has 1 heterocycles. The van der Waals surface area contributed by atoms with Crippen LogP contribution < -0.4 is 10.0 Å². The van der Waals surface area contributed by atoms with Gasteiger partial charge >= 0.3 is 0 Å². The second-order valence-corrected chi connectivity index (χ2v) is 7.89. The number of halogens is 1. The average Bonchev–Trinajstić information content (AvgIpc) is 3.20. The predicted molar refractivity (Wildman–Crippen MR) is 108 cm³/mol. The number of aromatic amines is 1. The van der Waals surface area contributed by atoms with Gasteiger partial charge in [0.05, 0.1) is 28.0 Å². The van der Waals surface area contributed by atoms with E-state index >= 15 is 0 Å². The van der Waals surface area contributed by atoms with Gasteiger partial charge in [-0.05, 0) is 42.5 Å². The quantitative estimate of drug-likeness (QED) is 0.466. The van der Waals surface area contributed by atoms with Gasteiger partial charge in [-0.2, -0.15) is 5.10 Å². The van der Waals surface area contributed by atoms with Crippen LogP contribution in [0.1, 0.15) is 10.4 Å². The van der Waals surface area contributed by atoms with Crippen molar-refractivity contribution in [1.82, 2.24) is 10.2 Å². The minimum atomic E-state index is -3.99. The van der Waals surface area contributed by atoms with Crippen molar-refractivity contribution in [3.63, 3.8) is 0 Å². The van der Waals surface area contributed by atoms with Gasteiger partial charge in [0.1, 0.15) is 5.82 Å². The molecule has 9 heteroatoms. The zero-order valence-electron chi connectivity index (χ0n) is 14.9. The van der Waals surface area contributed by atoms with Crippen LogP contribution in [0.2, 0.25) is 0 Å². The van der Waals surface area contributed by atoms with E-state index in [2.05, 4.69) is 20.2 Å². The molecule has 4 aromatic rings. The van der Waals surface area contributed by atoms with E-state index in [1.165, 1.54) is 42.5 Å². The summed E-state index contributed by atoms with van der Waals surface area (Å²) in [5, 5.41) is 10.4. The van der Waals surface area contributed by atoms with Crippen LogP contribution in [0.25, 0.3) is 10.9 Å². The minimum absolute atomic E-state index is 0.0898. The molecule has 1 amide bonds. The maximum Gasteiger partial charge on any atom is 0.261 e. The highest BCUT2D eigenvalue weighted by atomic mass is 32.2. The lowest BCUT2D eigenvalue weighted by Crippen LogP contribution is -2.15. The fourth-order valence-electron chi connectivity index (χ4n) is 2.80. The summed E-state index contributed by atoms with van der Waals surface area (Å²) in [7, 11) is -3.99. The number of sulfonamides is 1. The number of amides is 1. The van der Waals surface area contributed by atoms with Gasteiger partial charge in [0, 0.05) is 10.9 Å². The van der Waals surface area contributed by atoms with Crippen molar-refractivity contribution in [3.8, 4) is 0 Å². The molecule has 1 aromatic heterocycles. The first-order valence-corrected chi connectivity index (χ1v) is 10.0. The number of carbonyl (C=O) groups excluding carboxylic acids is 1. The number of benzene rings is 3. The molecule has 0 aliphatic heterocycles. The number of fused-ring (bicyclic) bond motifs is 1. The number of aromatic nitrogens is 2. The van der Waals surface area contributed by atoms with Crippen molar-refractivity contribution in [3.05, 3.63) is 84.3 Å². The zero-order chi connectivity index (χ0) is 20.4. The van der Waals surface area contributed by atoms with Gasteiger partial charge < -0.3 is 5.32 Å². The molecule has 0 fully saturated rings. The van der Waals surface area contributed by atoms with Crippen molar-refractivity contribution in [2.45, 2.75) is 4.90 Å². The van der Waals surface area contributed by atoms with Crippen molar-refractivity contribution in [2.24, 2.45) is 0 Å². The molecular formula is C20H15FN4O3S. The number of para-hydroxylation sites is 2. The highest BCUT2D eigenvalue weighted by Gasteiger charge is 2.17. The third-order valence-electron chi connectivity index (χ3n) is 4.27. The number of hydrogen-bond donors (Lipinski definition) is 3. The Labute approximate surface area is 165 Å². The molecule has 0 bridgehead atoms. The molecular weight excluding hydrogens is 395 g/mol. The van der Waals surface area contributed by atoms with E-state index in [0.717, 1.165) is 11.5 Å². The molecule has 4 rings (SSSR count). The van der Waals surface area contributed by atoms with Crippen molar-refractivity contribution >= 4 is 38.2 Å². The first-order chi connectivity index (χ1) is 13.9. The third kappa shape index (κ3) is 3.81. The highest BCUT2D eigenvalue weighted by Crippen LogP contribution is 2.22. The smallest absolute Gasteiger partial charge is 0.261 e. The molecule has 0 radical (unpaired) electrons. The summed E-state index contributed by atoms with van der Waals surface area (Å²) in [5.74, 6) is -1.09. The SMILES string of the molecule is O=C(Nc1cccc2cn[nH]c12)c1ccc(S(=O)(=O)Nc2ccccc2F)cc1. The summed E-state index contributed by atoms with van der Waals surface area (Å²) in [6, 6.07) is 16.2. The van der Waals surface area contributed by atoms with Crippen LogP contribution in [-0.2, 0) is 10.0 Å². The summed E-state index contributed by atoms with van der Waals surface area (Å²) in [6.45, 7) is 0. The molecule has 146 valence electrons. The Hall–Kier alpha value is -3.72. The molecule has 0 unspecified atom stereocenters. The molecule has 3 aromatic carbocycles. The van der Waals surface area contributed by atoms with Crippen molar-refractivity contribution in [2.75, 3.05) is 10.0 Å². The molecule has 0 saturated heterocycles. The monoisotopic (exact) mass is 410 g/mol. The molecule has 0 aliphatic rings. The van der Waals surface area contributed by atoms with Gasteiger partial charge in [0.2, 0.25) is 0 Å². The normalized spacial score (nSPS) is 11.3. The Balaban J connectivity index is 1.53. The van der Waals surface area contributed by atoms with Gasteiger partial charge in [-0.1, -0.05) is 24.3 Å². The van der Waals surface area contributed by atoms with E-state index in [1.807, 2.05) is 6.07 Å². The van der Waals surface area contributed by atoms with Crippen molar-refractivity contribution in [1.29, 1.82) is 0 Å². The lowest BCUT2D eigenvalue weighted by Gasteiger charge is -2.10. The van der Waals surface area contributed by atoms with Crippen LogP contribution in [0.4, 0.5) is 15.8 Å². The lowest BCUT2D eigenvalue weighted by atomic mass is 10.2. The largest absolute Gasteiger partial charge is 0.320 e. The summed E-state index contributed by atoms with van der Waals surface area (Å²) >= 11 is 0. The van der Waals surface area contributed by atoms with E-state index in [0.29, 0.717) is 11.2 Å². The van der Waals surface area contributed by atoms with E-state index in [9.17, 15) is 17.6 Å². The molecule has 29 heavy (non-hydrogen) atoms. The van der Waals surface area contributed by atoms with Crippen LogP contribution in [0.15, 0.2) is 77.8 Å². The summed E-state index contributed by atoms with van der Waals surface area (Å²) < 4.78 is 40.8. The van der Waals surface area contributed by atoms with Gasteiger partial charge in [0.25, 0.3) is 15.9 Å². The number of nitrogens with zero attached hydrogens (tertiary/aromatic N) is 1. The Kier molecular flexibility index (Phi) is 4.73. The first kappa shape index (κ1) is 18.6. The van der Waals surface area contributed by atoms with Crippen LogP contribution in [0, 0.1) is 5.82 Å². The number of hydrogen-bond acceptors (Lipinski definition) is 4. The third-order valence-corrected chi connectivity index (χ3v) is 5.65. The van der Waals surface area contributed by atoms with E-state index in [-0.39, 0.29) is 16.1 Å². The van der Waals surface area contributed by atoms with Gasteiger partial charge in [0.15, 0.2) is 0 Å². The number of H-pyrrole nitrogens is 1. The molecule has 0 spiro atoms. The molecule has 3 N–H and O–H groups in total. The number of carbonyl (C=O) groups is 1. The number of anilines is 2. The molecule has 0 saturated carbocycles. The fraction of sp³-hybridized carbons (Fsp3) is 0. The van der Waals surface area contributed by atoms with Crippen LogP contribution in [0.3, 0.4) is 0 Å². The molecule has 0 aliphatic carbocycles. The van der Waals surface area contributed by atoms with Gasteiger partial charge in [-0.25, -0.2) is 12.8 Å². The Bertz CT molecular complexity index is 1300. The number of rotatable bonds is 5. The van der Waals surface area contributed by atoms with Crippen molar-refractivity contribution < 1.29 is 17.6 Å². The van der Waals surface area contributed by atoms with Crippen LogP contribution in [-0.4, -0.2) is 24.5 Å². The van der Waals surface area contributed by atoms with E-state index in [4.69, 9.17) is 0 Å². The summed E-state index contributed by atoms with van der Waals surface area (Å²) in [4.78, 5) is 12.4. The zero-order valence-corrected chi connectivity index (χ0v) is 15.7. The Morgan fingerprint density at radius 1 is 0.931 bits per heavy atom. The average molecular weight is 410 g/mol. The maximum absolute atomic E-state index is 13.7. The summed E-state index contributed by atoms with van der Waals surface area (Å²) in [6.07, 6.45) is 1.65. The van der Waals surface area contributed by atoms with Crippen LogP contribution >= 0.6 is 0 Å². The van der Waals surface area contributed by atoms with E-state index < -0.39 is 21.7 Å². The van der Waals surface area contributed by atoms with Gasteiger partial charge in [-0.15, -0.1) is 0 Å².